The number of aromatic nitrogens is 2. The van der Waals surface area contributed by atoms with E-state index in [0.29, 0.717) is 11.4 Å². The SMILES string of the molecule is CCc1ncc(CS(=O)(=O)Cl)cn1. The molecule has 0 aliphatic rings. The highest BCUT2D eigenvalue weighted by molar-refractivity contribution is 8.13. The molecule has 0 spiro atoms. The fourth-order valence-electron chi connectivity index (χ4n) is 0.838. The van der Waals surface area contributed by atoms with Gasteiger partial charge >= 0.3 is 0 Å². The number of rotatable bonds is 3. The van der Waals surface area contributed by atoms with Gasteiger partial charge in [-0.05, 0) is 0 Å². The molecule has 0 N–H and O–H groups in total. The van der Waals surface area contributed by atoms with Gasteiger partial charge in [0, 0.05) is 35.1 Å². The summed E-state index contributed by atoms with van der Waals surface area (Å²) in [6, 6.07) is 0. The van der Waals surface area contributed by atoms with Gasteiger partial charge in [0.05, 0.1) is 5.75 Å². The predicted octanol–water partition coefficient (Wildman–Crippen LogP) is 1.11. The molecule has 0 atom stereocenters. The number of halogens is 1. The summed E-state index contributed by atoms with van der Waals surface area (Å²) < 4.78 is 21.3. The molecule has 1 rings (SSSR count). The maximum absolute atomic E-state index is 10.7. The highest BCUT2D eigenvalue weighted by Crippen LogP contribution is 2.07. The summed E-state index contributed by atoms with van der Waals surface area (Å²) in [6.45, 7) is 1.92. The minimum atomic E-state index is -3.50. The van der Waals surface area contributed by atoms with Crippen LogP contribution < -0.4 is 0 Å². The van der Waals surface area contributed by atoms with Crippen molar-refractivity contribution in [2.45, 2.75) is 19.1 Å². The lowest BCUT2D eigenvalue weighted by Crippen LogP contribution is -1.99. The molecule has 13 heavy (non-hydrogen) atoms. The van der Waals surface area contributed by atoms with Crippen molar-refractivity contribution in [3.63, 3.8) is 0 Å². The van der Waals surface area contributed by atoms with E-state index in [0.717, 1.165) is 6.42 Å². The zero-order chi connectivity index (χ0) is 9.90. The molecule has 1 heterocycles. The number of nitrogens with zero attached hydrogens (tertiary/aromatic N) is 2. The Balaban J connectivity index is 2.81. The molecule has 0 saturated carbocycles. The molecule has 0 aromatic carbocycles. The van der Waals surface area contributed by atoms with Crippen LogP contribution >= 0.6 is 10.7 Å². The second kappa shape index (κ2) is 4.02. The number of aryl methyl sites for hydroxylation is 1. The van der Waals surface area contributed by atoms with E-state index in [9.17, 15) is 8.42 Å². The summed E-state index contributed by atoms with van der Waals surface area (Å²) in [4.78, 5) is 7.89. The average molecular weight is 221 g/mol. The van der Waals surface area contributed by atoms with Crippen LogP contribution in [0.2, 0.25) is 0 Å². The molecule has 0 aliphatic heterocycles. The second-order valence-electron chi connectivity index (χ2n) is 2.54. The summed E-state index contributed by atoms with van der Waals surface area (Å²) in [5.41, 5.74) is 0.507. The highest BCUT2D eigenvalue weighted by Gasteiger charge is 2.07. The Kier molecular flexibility index (Phi) is 3.22. The van der Waals surface area contributed by atoms with Gasteiger partial charge in [-0.1, -0.05) is 6.92 Å². The molecule has 0 radical (unpaired) electrons. The molecule has 1 aromatic heterocycles. The van der Waals surface area contributed by atoms with Gasteiger partial charge in [-0.3, -0.25) is 0 Å². The second-order valence-corrected chi connectivity index (χ2v) is 5.32. The highest BCUT2D eigenvalue weighted by atomic mass is 35.7. The largest absolute Gasteiger partial charge is 0.241 e. The van der Waals surface area contributed by atoms with E-state index in [1.165, 1.54) is 12.4 Å². The molecular weight excluding hydrogens is 212 g/mol. The fraction of sp³-hybridized carbons (Fsp3) is 0.429. The van der Waals surface area contributed by atoms with Crippen molar-refractivity contribution < 1.29 is 8.42 Å². The van der Waals surface area contributed by atoms with Gasteiger partial charge in [-0.15, -0.1) is 0 Å². The molecule has 0 fully saturated rings. The van der Waals surface area contributed by atoms with Gasteiger partial charge in [0.1, 0.15) is 5.82 Å². The Labute approximate surface area is 81.4 Å². The smallest absolute Gasteiger partial charge is 0.236 e. The van der Waals surface area contributed by atoms with E-state index < -0.39 is 9.05 Å². The van der Waals surface area contributed by atoms with E-state index >= 15 is 0 Å². The van der Waals surface area contributed by atoms with Crippen LogP contribution in [0.25, 0.3) is 0 Å². The molecule has 4 nitrogen and oxygen atoms in total. The molecule has 0 bridgehead atoms. The van der Waals surface area contributed by atoms with Crippen molar-refractivity contribution in [1.29, 1.82) is 0 Å². The minimum Gasteiger partial charge on any atom is -0.241 e. The van der Waals surface area contributed by atoms with Crippen LogP contribution in [0.1, 0.15) is 18.3 Å². The Bertz CT molecular complexity index is 374. The van der Waals surface area contributed by atoms with Gasteiger partial charge in [0.2, 0.25) is 9.05 Å². The lowest BCUT2D eigenvalue weighted by molar-refractivity contribution is 0.608. The molecule has 0 amide bonds. The third kappa shape index (κ3) is 3.69. The van der Waals surface area contributed by atoms with Crippen molar-refractivity contribution in [1.82, 2.24) is 9.97 Å². The summed E-state index contributed by atoms with van der Waals surface area (Å²) in [6.07, 6.45) is 3.69. The van der Waals surface area contributed by atoms with Crippen LogP contribution in [0.5, 0.6) is 0 Å². The normalized spacial score (nSPS) is 11.5. The van der Waals surface area contributed by atoms with Gasteiger partial charge in [-0.25, -0.2) is 18.4 Å². The van der Waals surface area contributed by atoms with Gasteiger partial charge in [0.25, 0.3) is 0 Å². The predicted molar refractivity (Wildman–Crippen MR) is 49.9 cm³/mol. The van der Waals surface area contributed by atoms with Crippen LogP contribution in [0, 0.1) is 0 Å². The zero-order valence-electron chi connectivity index (χ0n) is 7.07. The summed E-state index contributed by atoms with van der Waals surface area (Å²) in [5.74, 6) is 0.467. The molecule has 0 unspecified atom stereocenters. The maximum Gasteiger partial charge on any atom is 0.236 e. The summed E-state index contributed by atoms with van der Waals surface area (Å²) in [7, 11) is 1.55. The first-order valence-corrected chi connectivity index (χ1v) is 6.21. The molecule has 0 aliphatic carbocycles. The van der Waals surface area contributed by atoms with Gasteiger partial charge in [0.15, 0.2) is 0 Å². The van der Waals surface area contributed by atoms with E-state index in [-0.39, 0.29) is 5.75 Å². The van der Waals surface area contributed by atoms with Crippen LogP contribution in [0.15, 0.2) is 12.4 Å². The van der Waals surface area contributed by atoms with Gasteiger partial charge in [-0.2, -0.15) is 0 Å². The first-order valence-electron chi connectivity index (χ1n) is 3.73. The first-order chi connectivity index (χ1) is 6.01. The van der Waals surface area contributed by atoms with Crippen LogP contribution in [0.4, 0.5) is 0 Å². The Morgan fingerprint density at radius 1 is 1.38 bits per heavy atom. The molecular formula is C7H9ClN2O2S. The van der Waals surface area contributed by atoms with Crippen molar-refractivity contribution in [2.75, 3.05) is 0 Å². The Morgan fingerprint density at radius 2 is 1.92 bits per heavy atom. The van der Waals surface area contributed by atoms with Crippen molar-refractivity contribution in [2.24, 2.45) is 0 Å². The van der Waals surface area contributed by atoms with E-state index in [4.69, 9.17) is 10.7 Å². The first kappa shape index (κ1) is 10.4. The topological polar surface area (TPSA) is 59.9 Å². The average Bonchev–Trinajstić information content (AvgIpc) is 2.03. The standard InChI is InChI=1S/C7H9ClN2O2S/c1-2-7-9-3-6(4-10-7)5-13(8,11)12/h3-4H,2,5H2,1H3. The molecule has 72 valence electrons. The monoisotopic (exact) mass is 220 g/mol. The van der Waals surface area contributed by atoms with Gasteiger partial charge < -0.3 is 0 Å². The number of hydrogen-bond donors (Lipinski definition) is 0. The van der Waals surface area contributed by atoms with E-state index in [1.807, 2.05) is 6.92 Å². The third-order valence-electron chi connectivity index (χ3n) is 1.41. The summed E-state index contributed by atoms with van der Waals surface area (Å²) in [5, 5.41) is 0. The maximum atomic E-state index is 10.7. The minimum absolute atomic E-state index is 0.224. The fourth-order valence-corrected chi connectivity index (χ4v) is 1.76. The van der Waals surface area contributed by atoms with Crippen molar-refractivity contribution in [3.05, 3.63) is 23.8 Å². The van der Waals surface area contributed by atoms with E-state index in [2.05, 4.69) is 9.97 Å². The number of hydrogen-bond acceptors (Lipinski definition) is 4. The van der Waals surface area contributed by atoms with E-state index in [1.54, 1.807) is 0 Å². The molecule has 6 heteroatoms. The molecule has 0 saturated heterocycles. The lowest BCUT2D eigenvalue weighted by atomic mass is 10.4. The molecule has 1 aromatic rings. The van der Waals surface area contributed by atoms with Crippen LogP contribution in [0.3, 0.4) is 0 Å². The van der Waals surface area contributed by atoms with Crippen LogP contribution in [-0.4, -0.2) is 18.4 Å². The lowest BCUT2D eigenvalue weighted by Gasteiger charge is -1.97. The quantitative estimate of drug-likeness (QED) is 0.716. The zero-order valence-corrected chi connectivity index (χ0v) is 8.64. The Morgan fingerprint density at radius 3 is 2.31 bits per heavy atom. The van der Waals surface area contributed by atoms with Crippen molar-refractivity contribution >= 4 is 19.7 Å². The van der Waals surface area contributed by atoms with Crippen molar-refractivity contribution in [3.8, 4) is 0 Å². The van der Waals surface area contributed by atoms with Crippen LogP contribution in [-0.2, 0) is 21.2 Å². The third-order valence-corrected chi connectivity index (χ3v) is 2.42. The summed E-state index contributed by atoms with van der Waals surface area (Å²) >= 11 is 0. The Hall–Kier alpha value is -0.680.